The van der Waals surface area contributed by atoms with Crippen molar-refractivity contribution in [3.8, 4) is 5.75 Å². The lowest BCUT2D eigenvalue weighted by atomic mass is 9.95. The highest BCUT2D eigenvalue weighted by Crippen LogP contribution is 2.39. The van der Waals surface area contributed by atoms with Crippen LogP contribution in [0.4, 0.5) is 0 Å². The van der Waals surface area contributed by atoms with Gasteiger partial charge in [-0.05, 0) is 49.4 Å². The van der Waals surface area contributed by atoms with Gasteiger partial charge in [-0.1, -0.05) is 11.6 Å². The average Bonchev–Trinajstić information content (AvgIpc) is 3.19. The van der Waals surface area contributed by atoms with E-state index in [0.29, 0.717) is 23.9 Å². The number of hydrogen-bond acceptors (Lipinski definition) is 3. The molecule has 1 aromatic carbocycles. The van der Waals surface area contributed by atoms with Gasteiger partial charge in [0.1, 0.15) is 5.75 Å². The summed E-state index contributed by atoms with van der Waals surface area (Å²) in [5, 5.41) is 3.74. The second kappa shape index (κ2) is 4.93. The predicted octanol–water partition coefficient (Wildman–Crippen LogP) is 1.89. The molecule has 1 fully saturated rings. The van der Waals surface area contributed by atoms with Crippen LogP contribution in [0.15, 0.2) is 18.2 Å². The van der Waals surface area contributed by atoms with Crippen molar-refractivity contribution >= 4 is 17.5 Å². The van der Waals surface area contributed by atoms with Crippen LogP contribution in [0.5, 0.6) is 5.75 Å². The number of benzene rings is 1. The standard InChI is InChI=1S/C15H19ClN2O2/c1-15(8-17,10-2-3-10)18-14(19)13-7-9-6-11(16)4-5-12(9)20-13/h4-6,10,13H,2-3,7-8,17H2,1H3,(H,18,19). The highest BCUT2D eigenvalue weighted by molar-refractivity contribution is 6.30. The second-order valence-corrected chi connectivity index (χ2v) is 6.38. The zero-order valence-corrected chi connectivity index (χ0v) is 12.2. The number of carbonyl (C=O) groups excluding carboxylic acids is 1. The molecule has 2 aliphatic rings. The van der Waals surface area contributed by atoms with Gasteiger partial charge < -0.3 is 15.8 Å². The van der Waals surface area contributed by atoms with Crippen LogP contribution < -0.4 is 15.8 Å². The number of carbonyl (C=O) groups is 1. The lowest BCUT2D eigenvalue weighted by Crippen LogP contribution is -2.56. The zero-order chi connectivity index (χ0) is 14.3. The SMILES string of the molecule is CC(CN)(NC(=O)C1Cc2cc(Cl)ccc2O1)C1CC1. The molecular formula is C15H19ClN2O2. The Bertz CT molecular complexity index is 545. The summed E-state index contributed by atoms with van der Waals surface area (Å²) in [6.45, 7) is 2.47. The first-order valence-electron chi connectivity index (χ1n) is 6.99. The van der Waals surface area contributed by atoms with Crippen LogP contribution in [0.25, 0.3) is 0 Å². The van der Waals surface area contributed by atoms with E-state index in [4.69, 9.17) is 22.1 Å². The molecule has 20 heavy (non-hydrogen) atoms. The molecule has 0 aromatic heterocycles. The van der Waals surface area contributed by atoms with Gasteiger partial charge in [0, 0.05) is 18.0 Å². The smallest absolute Gasteiger partial charge is 0.261 e. The van der Waals surface area contributed by atoms with Crippen LogP contribution >= 0.6 is 11.6 Å². The summed E-state index contributed by atoms with van der Waals surface area (Å²) < 4.78 is 5.70. The van der Waals surface area contributed by atoms with Crippen LogP contribution in [0, 0.1) is 5.92 Å². The minimum atomic E-state index is -0.479. The molecule has 3 rings (SSSR count). The molecule has 3 N–H and O–H groups in total. The number of rotatable bonds is 4. The molecule has 1 amide bonds. The maximum Gasteiger partial charge on any atom is 0.261 e. The van der Waals surface area contributed by atoms with Gasteiger partial charge in [0.25, 0.3) is 5.91 Å². The van der Waals surface area contributed by atoms with E-state index in [1.807, 2.05) is 19.1 Å². The second-order valence-electron chi connectivity index (χ2n) is 5.95. The fraction of sp³-hybridized carbons (Fsp3) is 0.533. The summed E-state index contributed by atoms with van der Waals surface area (Å²) in [6, 6.07) is 5.44. The molecule has 0 radical (unpaired) electrons. The van der Waals surface area contributed by atoms with Crippen molar-refractivity contribution in [3.63, 3.8) is 0 Å². The molecular weight excluding hydrogens is 276 g/mol. The molecule has 1 aliphatic carbocycles. The van der Waals surface area contributed by atoms with E-state index >= 15 is 0 Å². The normalized spacial score (nSPS) is 23.6. The Hall–Kier alpha value is -1.26. The Labute approximate surface area is 123 Å². The van der Waals surface area contributed by atoms with Gasteiger partial charge in [0.2, 0.25) is 0 Å². The minimum Gasteiger partial charge on any atom is -0.480 e. The lowest BCUT2D eigenvalue weighted by molar-refractivity contribution is -0.129. The molecule has 2 unspecified atom stereocenters. The lowest BCUT2D eigenvalue weighted by Gasteiger charge is -2.30. The maximum absolute atomic E-state index is 12.4. The van der Waals surface area contributed by atoms with E-state index < -0.39 is 6.10 Å². The fourth-order valence-electron chi connectivity index (χ4n) is 2.77. The highest BCUT2D eigenvalue weighted by atomic mass is 35.5. The Kier molecular flexibility index (Phi) is 3.38. The van der Waals surface area contributed by atoms with E-state index in [-0.39, 0.29) is 11.4 Å². The highest BCUT2D eigenvalue weighted by Gasteiger charge is 2.43. The summed E-state index contributed by atoms with van der Waals surface area (Å²) in [7, 11) is 0. The third-order valence-corrected chi connectivity index (χ3v) is 4.54. The Morgan fingerprint density at radius 3 is 2.95 bits per heavy atom. The maximum atomic E-state index is 12.4. The van der Waals surface area contributed by atoms with Crippen LogP contribution in [-0.2, 0) is 11.2 Å². The Balaban J connectivity index is 1.68. The summed E-state index contributed by atoms with van der Waals surface area (Å²) in [4.78, 5) is 12.4. The summed E-state index contributed by atoms with van der Waals surface area (Å²) in [5.74, 6) is 1.15. The van der Waals surface area contributed by atoms with Crippen LogP contribution in [-0.4, -0.2) is 24.1 Å². The molecule has 0 spiro atoms. The van der Waals surface area contributed by atoms with Crippen molar-refractivity contribution in [1.29, 1.82) is 0 Å². The van der Waals surface area contributed by atoms with Crippen molar-refractivity contribution in [1.82, 2.24) is 5.32 Å². The quantitative estimate of drug-likeness (QED) is 0.891. The van der Waals surface area contributed by atoms with Crippen molar-refractivity contribution in [2.45, 2.75) is 37.8 Å². The van der Waals surface area contributed by atoms with Gasteiger partial charge in [-0.25, -0.2) is 0 Å². The molecule has 2 atom stereocenters. The molecule has 0 bridgehead atoms. The minimum absolute atomic E-state index is 0.0860. The number of halogens is 1. The molecule has 1 saturated carbocycles. The van der Waals surface area contributed by atoms with E-state index in [0.717, 1.165) is 24.2 Å². The first-order chi connectivity index (χ1) is 9.51. The zero-order valence-electron chi connectivity index (χ0n) is 11.5. The summed E-state index contributed by atoms with van der Waals surface area (Å²) >= 11 is 5.96. The van der Waals surface area contributed by atoms with Gasteiger partial charge in [-0.2, -0.15) is 0 Å². The summed E-state index contributed by atoms with van der Waals surface area (Å²) in [6.07, 6.45) is 2.35. The first-order valence-corrected chi connectivity index (χ1v) is 7.37. The number of fused-ring (bicyclic) bond motifs is 1. The van der Waals surface area contributed by atoms with E-state index in [2.05, 4.69) is 5.32 Å². The van der Waals surface area contributed by atoms with Crippen LogP contribution in [0.2, 0.25) is 5.02 Å². The largest absolute Gasteiger partial charge is 0.480 e. The van der Waals surface area contributed by atoms with Crippen molar-refractivity contribution in [3.05, 3.63) is 28.8 Å². The van der Waals surface area contributed by atoms with Gasteiger partial charge in [-0.15, -0.1) is 0 Å². The van der Waals surface area contributed by atoms with Crippen molar-refractivity contribution < 1.29 is 9.53 Å². The van der Waals surface area contributed by atoms with E-state index in [1.54, 1.807) is 6.07 Å². The number of amides is 1. The van der Waals surface area contributed by atoms with Crippen molar-refractivity contribution in [2.75, 3.05) is 6.54 Å². The van der Waals surface area contributed by atoms with Gasteiger partial charge in [0.05, 0.1) is 5.54 Å². The first kappa shape index (κ1) is 13.7. The van der Waals surface area contributed by atoms with Crippen LogP contribution in [0.1, 0.15) is 25.3 Å². The Morgan fingerprint density at radius 1 is 1.55 bits per heavy atom. The van der Waals surface area contributed by atoms with Crippen molar-refractivity contribution in [2.24, 2.45) is 11.7 Å². The molecule has 5 heteroatoms. The summed E-state index contributed by atoms with van der Waals surface area (Å²) in [5.41, 5.74) is 6.50. The molecule has 108 valence electrons. The molecule has 1 heterocycles. The fourth-order valence-corrected chi connectivity index (χ4v) is 2.96. The van der Waals surface area contributed by atoms with E-state index in [9.17, 15) is 4.79 Å². The van der Waals surface area contributed by atoms with Gasteiger partial charge in [0.15, 0.2) is 6.10 Å². The number of ether oxygens (including phenoxy) is 1. The van der Waals surface area contributed by atoms with E-state index in [1.165, 1.54) is 0 Å². The number of nitrogens with one attached hydrogen (secondary N) is 1. The molecule has 0 saturated heterocycles. The van der Waals surface area contributed by atoms with Gasteiger partial charge in [-0.3, -0.25) is 4.79 Å². The number of nitrogens with two attached hydrogens (primary N) is 1. The van der Waals surface area contributed by atoms with Gasteiger partial charge >= 0.3 is 0 Å². The molecule has 1 aromatic rings. The number of hydrogen-bond donors (Lipinski definition) is 2. The monoisotopic (exact) mass is 294 g/mol. The average molecular weight is 295 g/mol. The third-order valence-electron chi connectivity index (χ3n) is 4.30. The topological polar surface area (TPSA) is 64.3 Å². The predicted molar refractivity (Wildman–Crippen MR) is 77.9 cm³/mol. The molecule has 4 nitrogen and oxygen atoms in total. The molecule has 1 aliphatic heterocycles. The Morgan fingerprint density at radius 2 is 2.30 bits per heavy atom. The third kappa shape index (κ3) is 2.50. The van der Waals surface area contributed by atoms with Crippen LogP contribution in [0.3, 0.4) is 0 Å².